The van der Waals surface area contributed by atoms with E-state index in [0.29, 0.717) is 18.4 Å². The number of aryl methyl sites for hydroxylation is 2. The maximum atomic E-state index is 11.8. The maximum Gasteiger partial charge on any atom is 0.166 e. The monoisotopic (exact) mass is 229 g/mol. The van der Waals surface area contributed by atoms with Gasteiger partial charge in [0.05, 0.1) is 11.8 Å². The predicted octanol–water partition coefficient (Wildman–Crippen LogP) is 1.82. The molecule has 0 bridgehead atoms. The number of nitrogens with zero attached hydrogens (tertiary/aromatic N) is 2. The molecule has 2 N–H and O–H groups in total. The summed E-state index contributed by atoms with van der Waals surface area (Å²) in [6.45, 7) is 0. The highest BCUT2D eigenvalue weighted by Gasteiger charge is 2.08. The number of Topliss-reactive ketones (excluding diaryl/α,β-unsaturated/α-hetero) is 1. The molecule has 0 amide bonds. The van der Waals surface area contributed by atoms with Crippen molar-refractivity contribution >= 4 is 11.5 Å². The lowest BCUT2D eigenvalue weighted by Crippen LogP contribution is -2.00. The number of anilines is 1. The van der Waals surface area contributed by atoms with Gasteiger partial charge in [-0.05, 0) is 24.1 Å². The second-order valence-corrected chi connectivity index (χ2v) is 4.07. The molecule has 0 aliphatic carbocycles. The Morgan fingerprint density at radius 3 is 2.94 bits per heavy atom. The van der Waals surface area contributed by atoms with Crippen LogP contribution < -0.4 is 5.73 Å². The quantitative estimate of drug-likeness (QED) is 0.642. The summed E-state index contributed by atoms with van der Waals surface area (Å²) < 4.78 is 1.63. The van der Waals surface area contributed by atoms with Gasteiger partial charge in [0, 0.05) is 25.4 Å². The van der Waals surface area contributed by atoms with Gasteiger partial charge in [0.1, 0.15) is 0 Å². The topological polar surface area (TPSA) is 60.9 Å². The third kappa shape index (κ3) is 2.93. The molecule has 0 radical (unpaired) electrons. The summed E-state index contributed by atoms with van der Waals surface area (Å²) in [5.74, 6) is 0.112. The van der Waals surface area contributed by atoms with Crippen LogP contribution in [0.5, 0.6) is 0 Å². The zero-order valence-corrected chi connectivity index (χ0v) is 9.76. The van der Waals surface area contributed by atoms with E-state index in [9.17, 15) is 4.79 Å². The number of carbonyl (C=O) groups excluding carboxylic acids is 1. The number of carbonyl (C=O) groups is 1. The van der Waals surface area contributed by atoms with Crippen LogP contribution in [0.3, 0.4) is 0 Å². The molecule has 0 aliphatic heterocycles. The fourth-order valence-electron chi connectivity index (χ4n) is 1.72. The van der Waals surface area contributed by atoms with Gasteiger partial charge in [0.25, 0.3) is 0 Å². The zero-order valence-electron chi connectivity index (χ0n) is 9.76. The smallest absolute Gasteiger partial charge is 0.166 e. The summed E-state index contributed by atoms with van der Waals surface area (Å²) in [5.41, 5.74) is 8.16. The van der Waals surface area contributed by atoms with Crippen molar-refractivity contribution in [2.75, 3.05) is 5.73 Å². The number of ketones is 1. The Labute approximate surface area is 100 Å². The van der Waals surface area contributed by atoms with Crippen molar-refractivity contribution in [2.45, 2.75) is 12.8 Å². The molecule has 1 aromatic heterocycles. The zero-order chi connectivity index (χ0) is 12.3. The van der Waals surface area contributed by atoms with E-state index >= 15 is 0 Å². The van der Waals surface area contributed by atoms with E-state index in [2.05, 4.69) is 5.10 Å². The van der Waals surface area contributed by atoms with E-state index in [1.165, 1.54) is 0 Å². The van der Waals surface area contributed by atoms with Crippen molar-refractivity contribution in [2.24, 2.45) is 7.05 Å². The minimum Gasteiger partial charge on any atom is -0.399 e. The molecule has 0 fully saturated rings. The van der Waals surface area contributed by atoms with Crippen molar-refractivity contribution in [1.82, 2.24) is 9.78 Å². The van der Waals surface area contributed by atoms with Gasteiger partial charge in [-0.15, -0.1) is 0 Å². The van der Waals surface area contributed by atoms with E-state index in [-0.39, 0.29) is 5.78 Å². The molecular formula is C13H15N3O. The van der Waals surface area contributed by atoms with Crippen molar-refractivity contribution in [3.8, 4) is 0 Å². The van der Waals surface area contributed by atoms with Crippen LogP contribution in [0.1, 0.15) is 22.3 Å². The largest absolute Gasteiger partial charge is 0.399 e. The molecule has 2 rings (SSSR count). The Kier molecular flexibility index (Phi) is 3.23. The molecular weight excluding hydrogens is 214 g/mol. The summed E-state index contributed by atoms with van der Waals surface area (Å²) >= 11 is 0. The second-order valence-electron chi connectivity index (χ2n) is 4.07. The molecule has 0 atom stereocenters. The van der Waals surface area contributed by atoms with Gasteiger partial charge in [-0.25, -0.2) is 0 Å². The first-order valence-corrected chi connectivity index (χ1v) is 5.51. The van der Waals surface area contributed by atoms with Crippen LogP contribution in [-0.4, -0.2) is 15.6 Å². The van der Waals surface area contributed by atoms with Gasteiger partial charge < -0.3 is 5.73 Å². The third-order valence-electron chi connectivity index (χ3n) is 2.62. The Hall–Kier alpha value is -2.10. The maximum absolute atomic E-state index is 11.8. The molecule has 2 aromatic rings. The van der Waals surface area contributed by atoms with Crippen LogP contribution in [0.25, 0.3) is 0 Å². The van der Waals surface area contributed by atoms with Crippen LogP contribution in [-0.2, 0) is 13.5 Å². The van der Waals surface area contributed by atoms with Crippen molar-refractivity contribution < 1.29 is 4.79 Å². The predicted molar refractivity (Wildman–Crippen MR) is 66.7 cm³/mol. The normalized spacial score (nSPS) is 10.4. The molecule has 1 aromatic carbocycles. The van der Waals surface area contributed by atoms with Crippen LogP contribution in [0.15, 0.2) is 36.7 Å². The SMILES string of the molecule is Cn1cc(C(=O)CCc2cccc(N)c2)cn1. The number of benzene rings is 1. The first-order valence-electron chi connectivity index (χ1n) is 5.51. The van der Waals surface area contributed by atoms with E-state index in [1.54, 1.807) is 24.1 Å². The van der Waals surface area contributed by atoms with E-state index < -0.39 is 0 Å². The summed E-state index contributed by atoms with van der Waals surface area (Å²) in [4.78, 5) is 11.8. The molecule has 88 valence electrons. The standard InChI is InChI=1S/C13H15N3O/c1-16-9-11(8-15-16)13(17)6-5-10-3-2-4-12(14)7-10/h2-4,7-9H,5-6,14H2,1H3. The second kappa shape index (κ2) is 4.82. The average Bonchev–Trinajstić information content (AvgIpc) is 2.73. The third-order valence-corrected chi connectivity index (χ3v) is 2.62. The Balaban J connectivity index is 1.97. The highest BCUT2D eigenvalue weighted by molar-refractivity contribution is 5.95. The number of hydrogen-bond donors (Lipinski definition) is 1. The van der Waals surface area contributed by atoms with Crippen LogP contribution >= 0.6 is 0 Å². The summed E-state index contributed by atoms with van der Waals surface area (Å²) in [6, 6.07) is 7.62. The number of aromatic nitrogens is 2. The minimum atomic E-state index is 0.112. The summed E-state index contributed by atoms with van der Waals surface area (Å²) in [7, 11) is 1.80. The Morgan fingerprint density at radius 1 is 1.47 bits per heavy atom. The highest BCUT2D eigenvalue weighted by Crippen LogP contribution is 2.11. The number of rotatable bonds is 4. The minimum absolute atomic E-state index is 0.112. The summed E-state index contributed by atoms with van der Waals surface area (Å²) in [5, 5.41) is 3.98. The molecule has 0 saturated heterocycles. The first-order chi connectivity index (χ1) is 8.15. The average molecular weight is 229 g/mol. The number of nitrogens with two attached hydrogens (primary N) is 1. The van der Waals surface area contributed by atoms with Crippen LogP contribution in [0, 0.1) is 0 Å². The van der Waals surface area contributed by atoms with Gasteiger partial charge in [-0.1, -0.05) is 12.1 Å². The van der Waals surface area contributed by atoms with Gasteiger partial charge in [-0.3, -0.25) is 9.48 Å². The van der Waals surface area contributed by atoms with E-state index in [0.717, 1.165) is 11.3 Å². The summed E-state index contributed by atoms with van der Waals surface area (Å²) in [6.07, 6.45) is 4.53. The Morgan fingerprint density at radius 2 is 2.29 bits per heavy atom. The highest BCUT2D eigenvalue weighted by atomic mass is 16.1. The van der Waals surface area contributed by atoms with Crippen molar-refractivity contribution in [3.63, 3.8) is 0 Å². The van der Waals surface area contributed by atoms with Crippen LogP contribution in [0.4, 0.5) is 5.69 Å². The molecule has 0 saturated carbocycles. The van der Waals surface area contributed by atoms with Crippen molar-refractivity contribution in [1.29, 1.82) is 0 Å². The van der Waals surface area contributed by atoms with Crippen molar-refractivity contribution in [3.05, 3.63) is 47.8 Å². The molecule has 17 heavy (non-hydrogen) atoms. The molecule has 4 nitrogen and oxygen atoms in total. The van der Waals surface area contributed by atoms with Gasteiger partial charge >= 0.3 is 0 Å². The fourth-order valence-corrected chi connectivity index (χ4v) is 1.72. The molecule has 1 heterocycles. The lowest BCUT2D eigenvalue weighted by Gasteiger charge is -2.01. The number of nitrogen functional groups attached to an aromatic ring is 1. The molecule has 4 heteroatoms. The lowest BCUT2D eigenvalue weighted by atomic mass is 10.0. The first kappa shape index (κ1) is 11.4. The fraction of sp³-hybridized carbons (Fsp3) is 0.231. The lowest BCUT2D eigenvalue weighted by molar-refractivity contribution is 0.0983. The molecule has 0 aliphatic rings. The molecule has 0 unspecified atom stereocenters. The van der Waals surface area contributed by atoms with Crippen LogP contribution in [0.2, 0.25) is 0 Å². The van der Waals surface area contributed by atoms with Gasteiger partial charge in [0.2, 0.25) is 0 Å². The number of hydrogen-bond acceptors (Lipinski definition) is 3. The van der Waals surface area contributed by atoms with E-state index in [1.807, 2.05) is 24.3 Å². The van der Waals surface area contributed by atoms with Gasteiger partial charge in [0.15, 0.2) is 5.78 Å². The molecule has 0 spiro atoms. The van der Waals surface area contributed by atoms with E-state index in [4.69, 9.17) is 5.73 Å². The Bertz CT molecular complexity index is 531. The van der Waals surface area contributed by atoms with Gasteiger partial charge in [-0.2, -0.15) is 5.10 Å².